The number of furan rings is 1. The number of likely N-dealkylation sites (tertiary alicyclic amines) is 1. The monoisotopic (exact) mass is 537 g/mol. The number of benzene rings is 1. The van der Waals surface area contributed by atoms with E-state index in [4.69, 9.17) is 9.15 Å². The molecule has 1 aromatic heterocycles. The van der Waals surface area contributed by atoms with Crippen LogP contribution in [0, 0.1) is 16.7 Å². The van der Waals surface area contributed by atoms with E-state index in [0.717, 1.165) is 23.9 Å². The summed E-state index contributed by atoms with van der Waals surface area (Å²) in [6, 6.07) is 8.57. The van der Waals surface area contributed by atoms with Gasteiger partial charge in [-0.2, -0.15) is 5.26 Å². The fourth-order valence-corrected chi connectivity index (χ4v) is 5.21. The van der Waals surface area contributed by atoms with E-state index in [2.05, 4.69) is 22.0 Å². The third-order valence-corrected chi connectivity index (χ3v) is 7.44. The van der Waals surface area contributed by atoms with Gasteiger partial charge < -0.3 is 40.1 Å². The van der Waals surface area contributed by atoms with Crippen molar-refractivity contribution < 1.29 is 28.8 Å². The molecule has 5 N–H and O–H groups in total. The van der Waals surface area contributed by atoms with Crippen LogP contribution in [0.1, 0.15) is 32.3 Å². The molecule has 0 radical (unpaired) electrons. The molecule has 11 nitrogen and oxygen atoms in total. The summed E-state index contributed by atoms with van der Waals surface area (Å²) in [5.41, 5.74) is 0.944. The van der Waals surface area contributed by atoms with Gasteiger partial charge in [0.1, 0.15) is 17.2 Å². The van der Waals surface area contributed by atoms with Crippen molar-refractivity contribution in [1.82, 2.24) is 20.9 Å². The average molecular weight is 537 g/mol. The van der Waals surface area contributed by atoms with Crippen LogP contribution in [0.4, 0.5) is 4.79 Å². The summed E-state index contributed by atoms with van der Waals surface area (Å²) in [6.07, 6.45) is 4.66. The molecule has 12 heteroatoms. The summed E-state index contributed by atoms with van der Waals surface area (Å²) < 4.78 is 11.4. The molecule has 4 rings (SSSR count). The van der Waals surface area contributed by atoms with Gasteiger partial charge in [-0.25, -0.2) is 4.79 Å². The lowest BCUT2D eigenvalue weighted by molar-refractivity contribution is -0.127. The van der Waals surface area contributed by atoms with Gasteiger partial charge in [0.15, 0.2) is 0 Å². The normalized spacial score (nSPS) is 20.9. The number of carbonyl (C=O) groups excluding carboxylic acids is 2. The maximum absolute atomic E-state index is 13.3. The third kappa shape index (κ3) is 6.99. The molecule has 0 aliphatic carbocycles. The number of hydrogen-bond acceptors (Lipinski definition) is 8. The first-order valence-electron chi connectivity index (χ1n) is 13.3. The largest absolute Gasteiger partial charge is 0.475 e. The zero-order chi connectivity index (χ0) is 28.0. The van der Waals surface area contributed by atoms with Crippen LogP contribution in [0.3, 0.4) is 0 Å². The zero-order valence-corrected chi connectivity index (χ0v) is 22.4. The lowest BCUT2D eigenvalue weighted by Crippen LogP contribution is -2.53. The van der Waals surface area contributed by atoms with E-state index in [-0.39, 0.29) is 36.6 Å². The second-order valence-electron chi connectivity index (χ2n) is 10.7. The molecule has 0 spiro atoms. The summed E-state index contributed by atoms with van der Waals surface area (Å²) >= 11 is 0. The highest BCUT2D eigenvalue weighted by molar-refractivity contribution is 6.43. The van der Waals surface area contributed by atoms with E-state index in [1.807, 2.05) is 38.1 Å². The van der Waals surface area contributed by atoms with Crippen LogP contribution in [0.25, 0.3) is 11.0 Å². The molecule has 2 aliphatic rings. The van der Waals surface area contributed by atoms with Gasteiger partial charge in [0.25, 0.3) is 5.91 Å². The lowest BCUT2D eigenvalue weighted by atomic mass is 9.76. The summed E-state index contributed by atoms with van der Waals surface area (Å²) in [5.74, 6) is -1.34. The Labute approximate surface area is 228 Å². The van der Waals surface area contributed by atoms with Crippen molar-refractivity contribution in [3.8, 4) is 6.07 Å². The highest BCUT2D eigenvalue weighted by Gasteiger charge is 2.35. The number of nitrogens with one attached hydrogen (secondary N) is 3. The lowest BCUT2D eigenvalue weighted by Gasteiger charge is -2.35. The van der Waals surface area contributed by atoms with Crippen molar-refractivity contribution in [2.24, 2.45) is 5.41 Å². The quantitative estimate of drug-likeness (QED) is 0.181. The Morgan fingerprint density at radius 2 is 2.15 bits per heavy atom. The molecule has 0 saturated carbocycles. The third-order valence-electron chi connectivity index (χ3n) is 7.44. The minimum atomic E-state index is -1.79. The number of nitriles is 1. The van der Waals surface area contributed by atoms with E-state index in [1.165, 1.54) is 0 Å². The van der Waals surface area contributed by atoms with Crippen molar-refractivity contribution in [1.29, 1.82) is 5.26 Å². The molecule has 208 valence electrons. The molecule has 0 bridgehead atoms. The van der Waals surface area contributed by atoms with Crippen LogP contribution in [-0.2, 0) is 16.0 Å². The number of nitrogens with zero attached hydrogens (tertiary/aromatic N) is 2. The smallest absolute Gasteiger partial charge is 0.464 e. The molecule has 2 aliphatic heterocycles. The first-order valence-corrected chi connectivity index (χ1v) is 13.3. The second-order valence-corrected chi connectivity index (χ2v) is 10.7. The van der Waals surface area contributed by atoms with Gasteiger partial charge in [-0.05, 0) is 30.9 Å². The van der Waals surface area contributed by atoms with Gasteiger partial charge in [0.2, 0.25) is 0 Å². The molecule has 2 fully saturated rings. The number of rotatable bonds is 9. The van der Waals surface area contributed by atoms with Crippen molar-refractivity contribution in [2.45, 2.75) is 51.2 Å². The second kappa shape index (κ2) is 12.7. The summed E-state index contributed by atoms with van der Waals surface area (Å²) in [6.45, 7) is 6.53. The van der Waals surface area contributed by atoms with Crippen LogP contribution >= 0.6 is 0 Å². The molecule has 1 aromatic carbocycles. The number of hydrogen-bond donors (Lipinski definition) is 5. The van der Waals surface area contributed by atoms with Crippen molar-refractivity contribution in [3.05, 3.63) is 47.7 Å². The van der Waals surface area contributed by atoms with E-state index in [1.54, 1.807) is 17.2 Å². The van der Waals surface area contributed by atoms with Crippen LogP contribution in [-0.4, -0.2) is 84.9 Å². The first-order chi connectivity index (χ1) is 18.7. The summed E-state index contributed by atoms with van der Waals surface area (Å²) in [7, 11) is -1.79. The maximum Gasteiger partial charge on any atom is 0.475 e. The van der Waals surface area contributed by atoms with E-state index in [9.17, 15) is 24.9 Å². The molecule has 3 heterocycles. The number of para-hydroxylation sites is 1. The minimum Gasteiger partial charge on any atom is -0.464 e. The van der Waals surface area contributed by atoms with Gasteiger partial charge in [-0.15, -0.1) is 0 Å². The van der Waals surface area contributed by atoms with Crippen molar-refractivity contribution in [2.75, 3.05) is 32.8 Å². The van der Waals surface area contributed by atoms with Crippen LogP contribution < -0.4 is 16.0 Å². The Morgan fingerprint density at radius 3 is 2.87 bits per heavy atom. The Bertz CT molecular complexity index is 1230. The molecule has 3 amide bonds. The predicted octanol–water partition coefficient (Wildman–Crippen LogP) is 1.11. The Kier molecular flexibility index (Phi) is 9.30. The zero-order valence-electron chi connectivity index (χ0n) is 22.4. The first kappa shape index (κ1) is 28.6. The van der Waals surface area contributed by atoms with Crippen molar-refractivity contribution >= 4 is 30.0 Å². The molecule has 2 aromatic rings. The molecule has 3 atom stereocenters. The van der Waals surface area contributed by atoms with Gasteiger partial charge in [-0.3, -0.25) is 4.79 Å². The number of ether oxygens (including phenoxy) is 1. The predicted molar refractivity (Wildman–Crippen MR) is 145 cm³/mol. The van der Waals surface area contributed by atoms with E-state index < -0.39 is 24.5 Å². The number of urea groups is 1. The van der Waals surface area contributed by atoms with Crippen molar-refractivity contribution in [3.63, 3.8) is 0 Å². The van der Waals surface area contributed by atoms with Gasteiger partial charge in [0.05, 0.1) is 24.9 Å². The molecule has 39 heavy (non-hydrogen) atoms. The highest BCUT2D eigenvalue weighted by atomic mass is 16.5. The number of carbonyl (C=O) groups is 2. The van der Waals surface area contributed by atoms with Crippen LogP contribution in [0.2, 0.25) is 0 Å². The molecular weight excluding hydrogens is 501 g/mol. The topological polar surface area (TPSA) is 160 Å². The number of morpholine rings is 1. The SMILES string of the molecule is CC(C)(C=C(C#N)C(=O)N1CCC[C@@H]1CNC(=O)NC(Cc1coc2ccccc12)B(O)O)C1CNCCO1. The number of amides is 3. The standard InChI is InChI=1S/C27H36BN5O6/c1-27(2,23-16-30-9-11-38-23)13-19(14-29)25(34)33-10-5-6-20(33)15-31-26(35)32-24(28(36)37)12-18-17-39-22-8-4-3-7-21(18)22/h3-4,7-8,13,17,20,23-24,30,36-37H,5-6,9-12,15-16H2,1-2H3,(H2,31,32,35)/t20-,23?,24?/m1/s1. The Hall–Kier alpha value is -3.37. The number of fused-ring (bicyclic) bond motifs is 1. The van der Waals surface area contributed by atoms with Gasteiger partial charge >= 0.3 is 13.1 Å². The van der Waals surface area contributed by atoms with Crippen LogP contribution in [0.5, 0.6) is 0 Å². The molecule has 2 unspecified atom stereocenters. The van der Waals surface area contributed by atoms with Gasteiger partial charge in [0, 0.05) is 43.0 Å². The van der Waals surface area contributed by atoms with E-state index in [0.29, 0.717) is 31.7 Å². The fraction of sp³-hybridized carbons (Fsp3) is 0.519. The average Bonchev–Trinajstić information content (AvgIpc) is 3.57. The highest BCUT2D eigenvalue weighted by Crippen LogP contribution is 2.29. The Morgan fingerprint density at radius 1 is 1.36 bits per heavy atom. The van der Waals surface area contributed by atoms with E-state index >= 15 is 0 Å². The summed E-state index contributed by atoms with van der Waals surface area (Å²) in [5, 5.41) is 39.0. The fourth-order valence-electron chi connectivity index (χ4n) is 5.21. The Balaban J connectivity index is 1.35. The summed E-state index contributed by atoms with van der Waals surface area (Å²) in [4.78, 5) is 27.6. The molecule has 2 saturated heterocycles. The van der Waals surface area contributed by atoms with Crippen LogP contribution in [0.15, 0.2) is 46.6 Å². The molecular formula is C27H36BN5O6. The van der Waals surface area contributed by atoms with Gasteiger partial charge in [-0.1, -0.05) is 38.1 Å². The minimum absolute atomic E-state index is 0.0568. The maximum atomic E-state index is 13.3.